The summed E-state index contributed by atoms with van der Waals surface area (Å²) >= 11 is 0. The third kappa shape index (κ3) is 13.4. The molecule has 0 aliphatic rings. The van der Waals surface area contributed by atoms with Crippen LogP contribution in [0.5, 0.6) is 0 Å². The molecule has 0 aliphatic carbocycles. The minimum Gasteiger partial charge on any atom is -0.478 e. The van der Waals surface area contributed by atoms with Crippen LogP contribution in [0, 0.1) is 0 Å². The molecule has 0 saturated carbocycles. The normalized spacial score (nSPS) is 13.1. The topological polar surface area (TPSA) is 74.6 Å². The van der Waals surface area contributed by atoms with Crippen LogP contribution in [-0.2, 0) is 9.59 Å². The number of hydrogen-bond donors (Lipinski definition) is 2. The first-order valence-corrected chi connectivity index (χ1v) is 5.10. The van der Waals surface area contributed by atoms with Gasteiger partial charge in [0.1, 0.15) is 0 Å². The Bertz CT molecular complexity index is 393. The molecule has 0 spiro atoms. The van der Waals surface area contributed by atoms with E-state index in [4.69, 9.17) is 10.2 Å². The minimum atomic E-state index is -0.983. The van der Waals surface area contributed by atoms with E-state index in [0.717, 1.165) is 12.2 Å². The Morgan fingerprint density at radius 3 is 0.944 bits per heavy atom. The van der Waals surface area contributed by atoms with E-state index >= 15 is 0 Å². The second-order valence-electron chi connectivity index (χ2n) is 2.93. The molecule has 0 aromatic rings. The number of allylic oxidation sites excluding steroid dienone is 10. The maximum Gasteiger partial charge on any atom is 0.328 e. The van der Waals surface area contributed by atoms with Crippen LogP contribution in [0.25, 0.3) is 0 Å². The second-order valence-corrected chi connectivity index (χ2v) is 2.93. The lowest BCUT2D eigenvalue weighted by Crippen LogP contribution is -1.84. The molecule has 0 aromatic carbocycles. The molecular weight excluding hydrogens is 232 g/mol. The van der Waals surface area contributed by atoms with Crippen LogP contribution in [0.3, 0.4) is 0 Å². The van der Waals surface area contributed by atoms with Crippen molar-refractivity contribution in [2.75, 3.05) is 0 Å². The lowest BCUT2D eigenvalue weighted by Gasteiger charge is -1.76. The Hall–Kier alpha value is -2.62. The Kier molecular flexibility index (Phi) is 9.30. The average molecular weight is 246 g/mol. The van der Waals surface area contributed by atoms with E-state index in [1.54, 1.807) is 48.6 Å². The first kappa shape index (κ1) is 15.4. The van der Waals surface area contributed by atoms with Crippen molar-refractivity contribution in [2.45, 2.75) is 0 Å². The van der Waals surface area contributed by atoms with Crippen molar-refractivity contribution in [3.63, 3.8) is 0 Å². The van der Waals surface area contributed by atoms with Gasteiger partial charge in [0.15, 0.2) is 0 Å². The molecule has 0 aromatic heterocycles. The van der Waals surface area contributed by atoms with Gasteiger partial charge < -0.3 is 10.2 Å². The molecular formula is C14H14O4. The van der Waals surface area contributed by atoms with Gasteiger partial charge in [-0.1, -0.05) is 60.8 Å². The highest BCUT2D eigenvalue weighted by Crippen LogP contribution is 1.84. The molecule has 0 bridgehead atoms. The third-order valence-corrected chi connectivity index (χ3v) is 1.48. The summed E-state index contributed by atoms with van der Waals surface area (Å²) in [6.45, 7) is 0. The van der Waals surface area contributed by atoms with Gasteiger partial charge in [-0.05, 0) is 0 Å². The molecule has 0 amide bonds. The molecule has 18 heavy (non-hydrogen) atoms. The highest BCUT2D eigenvalue weighted by Gasteiger charge is 1.79. The highest BCUT2D eigenvalue weighted by molar-refractivity contribution is 5.80. The van der Waals surface area contributed by atoms with Crippen LogP contribution < -0.4 is 0 Å². The summed E-state index contributed by atoms with van der Waals surface area (Å²) in [7, 11) is 0. The quantitative estimate of drug-likeness (QED) is 0.534. The van der Waals surface area contributed by atoms with Crippen molar-refractivity contribution in [3.05, 3.63) is 72.9 Å². The molecule has 4 heteroatoms. The fourth-order valence-electron chi connectivity index (χ4n) is 0.789. The van der Waals surface area contributed by atoms with Crippen LogP contribution in [0.4, 0.5) is 0 Å². The van der Waals surface area contributed by atoms with Crippen molar-refractivity contribution < 1.29 is 19.8 Å². The molecule has 0 saturated heterocycles. The minimum absolute atomic E-state index is 0.983. The molecule has 0 unspecified atom stereocenters. The summed E-state index contributed by atoms with van der Waals surface area (Å²) in [5, 5.41) is 16.6. The van der Waals surface area contributed by atoms with E-state index in [1.807, 2.05) is 0 Å². The lowest BCUT2D eigenvalue weighted by molar-refractivity contribution is -0.132. The fourth-order valence-corrected chi connectivity index (χ4v) is 0.789. The smallest absolute Gasteiger partial charge is 0.328 e. The molecule has 4 nitrogen and oxygen atoms in total. The Labute approximate surface area is 105 Å². The van der Waals surface area contributed by atoms with Crippen LogP contribution >= 0.6 is 0 Å². The maximum absolute atomic E-state index is 10.1. The van der Waals surface area contributed by atoms with E-state index in [9.17, 15) is 9.59 Å². The predicted octanol–water partition coefficient (Wildman–Crippen LogP) is 2.49. The number of carboxylic acid groups (broad SMARTS) is 2. The summed E-state index contributed by atoms with van der Waals surface area (Å²) in [5.41, 5.74) is 0. The van der Waals surface area contributed by atoms with Crippen molar-refractivity contribution in [1.82, 2.24) is 0 Å². The van der Waals surface area contributed by atoms with Gasteiger partial charge in [0.25, 0.3) is 0 Å². The van der Waals surface area contributed by atoms with Crippen LogP contribution in [-0.4, -0.2) is 22.2 Å². The van der Waals surface area contributed by atoms with E-state index in [-0.39, 0.29) is 0 Å². The van der Waals surface area contributed by atoms with E-state index in [2.05, 4.69) is 0 Å². The standard InChI is InChI=1S/C14H14O4/c15-13(16)11-9-7-5-3-1-2-4-6-8-10-12-14(17)18/h1-12H,(H,15,16)(H,17,18)/b3-1+,4-2+,7-5+,8-6+,11-9+,12-10+. The van der Waals surface area contributed by atoms with Crippen LogP contribution in [0.2, 0.25) is 0 Å². The van der Waals surface area contributed by atoms with Gasteiger partial charge >= 0.3 is 11.9 Å². The Morgan fingerprint density at radius 2 is 0.722 bits per heavy atom. The molecule has 0 radical (unpaired) electrons. The summed E-state index contributed by atoms with van der Waals surface area (Å²) in [4.78, 5) is 20.2. The predicted molar refractivity (Wildman–Crippen MR) is 70.1 cm³/mol. The summed E-state index contributed by atoms with van der Waals surface area (Å²) in [5.74, 6) is -1.97. The van der Waals surface area contributed by atoms with Gasteiger partial charge in [0.2, 0.25) is 0 Å². The molecule has 2 N–H and O–H groups in total. The fraction of sp³-hybridized carbons (Fsp3) is 0. The van der Waals surface area contributed by atoms with Gasteiger partial charge in [0.05, 0.1) is 0 Å². The summed E-state index contributed by atoms with van der Waals surface area (Å²) in [6, 6.07) is 0. The molecule has 94 valence electrons. The SMILES string of the molecule is O=C(O)/C=C/C=C/C=C/C=C/C=C/C=C/C(=O)O. The summed E-state index contributed by atoms with van der Waals surface area (Å²) in [6.07, 6.45) is 18.5. The molecule has 0 heterocycles. The zero-order valence-electron chi connectivity index (χ0n) is 9.64. The van der Waals surface area contributed by atoms with E-state index in [1.165, 1.54) is 12.2 Å². The monoisotopic (exact) mass is 246 g/mol. The van der Waals surface area contributed by atoms with Crippen LogP contribution in [0.1, 0.15) is 0 Å². The first-order valence-electron chi connectivity index (χ1n) is 5.10. The zero-order valence-corrected chi connectivity index (χ0v) is 9.64. The Morgan fingerprint density at radius 1 is 0.500 bits per heavy atom. The molecule has 0 fully saturated rings. The molecule has 0 rings (SSSR count). The van der Waals surface area contributed by atoms with Crippen LogP contribution in [0.15, 0.2) is 72.9 Å². The number of rotatable bonds is 7. The summed E-state index contributed by atoms with van der Waals surface area (Å²) < 4.78 is 0. The maximum atomic E-state index is 10.1. The number of carbonyl (C=O) groups is 2. The van der Waals surface area contributed by atoms with Gasteiger partial charge in [-0.15, -0.1) is 0 Å². The van der Waals surface area contributed by atoms with Crippen molar-refractivity contribution in [1.29, 1.82) is 0 Å². The van der Waals surface area contributed by atoms with Crippen molar-refractivity contribution >= 4 is 11.9 Å². The Balaban J connectivity index is 3.88. The number of hydrogen-bond acceptors (Lipinski definition) is 2. The number of carboxylic acids is 2. The third-order valence-electron chi connectivity index (χ3n) is 1.48. The average Bonchev–Trinajstić information content (AvgIpc) is 2.29. The highest BCUT2D eigenvalue weighted by atomic mass is 16.4. The van der Waals surface area contributed by atoms with Crippen molar-refractivity contribution in [3.8, 4) is 0 Å². The molecule has 0 atom stereocenters. The number of aliphatic carboxylic acids is 2. The van der Waals surface area contributed by atoms with Gasteiger partial charge in [-0.25, -0.2) is 9.59 Å². The van der Waals surface area contributed by atoms with E-state index in [0.29, 0.717) is 0 Å². The van der Waals surface area contributed by atoms with Gasteiger partial charge in [-0.3, -0.25) is 0 Å². The van der Waals surface area contributed by atoms with Gasteiger partial charge in [-0.2, -0.15) is 0 Å². The largest absolute Gasteiger partial charge is 0.478 e. The second kappa shape index (κ2) is 10.9. The first-order chi connectivity index (χ1) is 8.63. The molecule has 0 aliphatic heterocycles. The zero-order chi connectivity index (χ0) is 13.6. The van der Waals surface area contributed by atoms with Gasteiger partial charge in [0, 0.05) is 12.2 Å². The van der Waals surface area contributed by atoms with E-state index < -0.39 is 11.9 Å². The lowest BCUT2D eigenvalue weighted by atomic mass is 10.3. The van der Waals surface area contributed by atoms with Crippen molar-refractivity contribution in [2.24, 2.45) is 0 Å².